The molecular weight excluding hydrogens is 817 g/mol. The van der Waals surface area contributed by atoms with Crippen molar-refractivity contribution in [3.63, 3.8) is 0 Å². The first-order valence-electron chi connectivity index (χ1n) is 23.8. The minimum absolute atomic E-state index is 1.22. The zero-order chi connectivity index (χ0) is 44.2. The highest BCUT2D eigenvalue weighted by atomic mass is 14.4. The van der Waals surface area contributed by atoms with Crippen molar-refractivity contribution in [1.82, 2.24) is 0 Å². The maximum Gasteiger partial charge on any atom is -0.000115 e. The van der Waals surface area contributed by atoms with Crippen LogP contribution in [0.3, 0.4) is 0 Å². The monoisotopic (exact) mass is 854 g/mol. The molecule has 2 aliphatic carbocycles. The van der Waals surface area contributed by atoms with Crippen LogP contribution in [0.15, 0.2) is 236 Å². The van der Waals surface area contributed by atoms with E-state index >= 15 is 0 Å². The second kappa shape index (κ2) is 13.4. The average Bonchev–Trinajstić information content (AvgIpc) is 3.91. The standard InChI is InChI=1S/C68H38/c1-3-13-39(14-4-1)63-57-37-55-49-23-9-7-21-47(49)48-22-8-10-24-50(48)56(55)38-58(57)67-64(40-15-5-2-6-16-40)65(53-35-31-45-27-25-41-17-11-19-43-29-33-51(53)61(45)59(41)43)66(68(63)67)54-36-32-46-28-26-42-18-12-20-44-30-34-52(54)62(46)60(42)44/h1-38H. The molecule has 0 N–H and O–H groups in total. The van der Waals surface area contributed by atoms with E-state index in [1.165, 1.54) is 164 Å². The molecule has 14 aromatic rings. The zero-order valence-electron chi connectivity index (χ0n) is 36.9. The van der Waals surface area contributed by atoms with Gasteiger partial charge in [0.2, 0.25) is 0 Å². The van der Waals surface area contributed by atoms with Crippen LogP contribution in [0.4, 0.5) is 0 Å². The van der Waals surface area contributed by atoms with Crippen LogP contribution in [-0.4, -0.2) is 0 Å². The van der Waals surface area contributed by atoms with E-state index in [1.807, 2.05) is 0 Å². The molecule has 0 fully saturated rings. The maximum atomic E-state index is 2.56. The summed E-state index contributed by atoms with van der Waals surface area (Å²) in [6.07, 6.45) is 0. The van der Waals surface area contributed by atoms with Gasteiger partial charge in [-0.3, -0.25) is 0 Å². The van der Waals surface area contributed by atoms with E-state index in [-0.39, 0.29) is 0 Å². The summed E-state index contributed by atoms with van der Waals surface area (Å²) < 4.78 is 0. The lowest BCUT2D eigenvalue weighted by molar-refractivity contribution is 1.57. The Morgan fingerprint density at radius 1 is 0.162 bits per heavy atom. The fourth-order valence-corrected chi connectivity index (χ4v) is 12.9. The number of benzene rings is 14. The van der Waals surface area contributed by atoms with Gasteiger partial charge in [-0.25, -0.2) is 0 Å². The Balaban J connectivity index is 1.15. The second-order valence-electron chi connectivity index (χ2n) is 19.0. The molecule has 0 atom stereocenters. The Morgan fingerprint density at radius 3 is 0.971 bits per heavy atom. The summed E-state index contributed by atoms with van der Waals surface area (Å²) in [4.78, 5) is 0. The van der Waals surface area contributed by atoms with Gasteiger partial charge in [0.05, 0.1) is 0 Å². The Hall–Kier alpha value is -8.84. The molecule has 0 spiro atoms. The largest absolute Gasteiger partial charge is 0.0622 e. The summed E-state index contributed by atoms with van der Waals surface area (Å²) >= 11 is 0. The van der Waals surface area contributed by atoms with Gasteiger partial charge in [0.15, 0.2) is 0 Å². The van der Waals surface area contributed by atoms with E-state index in [1.54, 1.807) is 0 Å². The topological polar surface area (TPSA) is 0 Å². The number of hydrogen-bond donors (Lipinski definition) is 0. The lowest BCUT2D eigenvalue weighted by Crippen LogP contribution is -1.98. The highest BCUT2D eigenvalue weighted by Crippen LogP contribution is 2.64. The summed E-state index contributed by atoms with van der Waals surface area (Å²) in [7, 11) is 0. The smallest absolute Gasteiger partial charge is 0.000115 e. The van der Waals surface area contributed by atoms with Crippen molar-refractivity contribution in [2.24, 2.45) is 0 Å². The zero-order valence-corrected chi connectivity index (χ0v) is 36.9. The molecule has 0 radical (unpaired) electrons. The van der Waals surface area contributed by atoms with Gasteiger partial charge in [0, 0.05) is 0 Å². The molecule has 0 bridgehead atoms. The highest BCUT2D eigenvalue weighted by molar-refractivity contribution is 6.43. The third-order valence-corrected chi connectivity index (χ3v) is 15.6. The van der Waals surface area contributed by atoms with Crippen LogP contribution in [0.2, 0.25) is 0 Å². The summed E-state index contributed by atoms with van der Waals surface area (Å²) in [6.45, 7) is 0. The number of rotatable bonds is 4. The van der Waals surface area contributed by atoms with Crippen LogP contribution in [0.5, 0.6) is 0 Å². The minimum atomic E-state index is 1.22. The molecule has 0 amide bonds. The fraction of sp³-hybridized carbons (Fsp3) is 0. The van der Waals surface area contributed by atoms with Crippen molar-refractivity contribution in [3.8, 4) is 0 Å². The van der Waals surface area contributed by atoms with Gasteiger partial charge in [-0.15, -0.1) is 0 Å². The Kier molecular flexibility index (Phi) is 7.16. The van der Waals surface area contributed by atoms with Crippen LogP contribution in [-0.2, 0) is 0 Å². The van der Waals surface area contributed by atoms with Crippen molar-refractivity contribution in [1.29, 1.82) is 0 Å². The van der Waals surface area contributed by atoms with E-state index in [0.29, 0.717) is 0 Å². The molecule has 0 saturated heterocycles. The Bertz CT molecular complexity index is 4590. The Morgan fingerprint density at radius 2 is 0.500 bits per heavy atom. The van der Waals surface area contributed by atoms with Gasteiger partial charge in [-0.1, -0.05) is 218 Å². The first kappa shape index (κ1) is 36.4. The predicted molar refractivity (Wildman–Crippen MR) is 292 cm³/mol. The van der Waals surface area contributed by atoms with E-state index < -0.39 is 0 Å². The summed E-state index contributed by atoms with van der Waals surface area (Å²) in [5.41, 5.74) is 15.3. The van der Waals surface area contributed by atoms with Crippen LogP contribution in [0, 0.1) is 0 Å². The van der Waals surface area contributed by atoms with Gasteiger partial charge in [-0.2, -0.15) is 0 Å². The van der Waals surface area contributed by atoms with Crippen molar-refractivity contribution >= 4 is 125 Å². The molecule has 0 heterocycles. The molecule has 14 aromatic carbocycles. The molecule has 0 aliphatic heterocycles. The molecule has 310 valence electrons. The Labute approximate surface area is 392 Å². The SMILES string of the molecule is c1ccc(C2=C3C(=C(c4ccccc4)c4cc5c6ccccc6c6ccccc6c5cc43)C(c3ccc4ccc5cccc6ccc3c4c56)=C2c2ccc3ccc4cccc5ccc2c3c45)cc1. The van der Waals surface area contributed by atoms with E-state index in [0.717, 1.165) is 0 Å². The predicted octanol–water partition coefficient (Wildman–Crippen LogP) is 18.3. The van der Waals surface area contributed by atoms with Crippen LogP contribution in [0.1, 0.15) is 33.4 Å². The maximum absolute atomic E-state index is 2.56. The summed E-state index contributed by atoms with van der Waals surface area (Å²) in [6, 6.07) is 87.4. The van der Waals surface area contributed by atoms with Crippen molar-refractivity contribution in [2.45, 2.75) is 0 Å². The van der Waals surface area contributed by atoms with Gasteiger partial charge in [-0.05, 0) is 176 Å². The van der Waals surface area contributed by atoms with Crippen LogP contribution in [0.25, 0.3) is 125 Å². The molecule has 0 heteroatoms. The molecule has 0 saturated carbocycles. The molecule has 68 heavy (non-hydrogen) atoms. The van der Waals surface area contributed by atoms with E-state index in [2.05, 4.69) is 231 Å². The van der Waals surface area contributed by atoms with E-state index in [9.17, 15) is 0 Å². The molecule has 0 aromatic heterocycles. The summed E-state index contributed by atoms with van der Waals surface area (Å²) in [5, 5.41) is 23.2. The van der Waals surface area contributed by atoms with Gasteiger partial charge in [0.25, 0.3) is 0 Å². The second-order valence-corrected chi connectivity index (χ2v) is 19.0. The third-order valence-electron chi connectivity index (χ3n) is 15.6. The van der Waals surface area contributed by atoms with Crippen molar-refractivity contribution < 1.29 is 0 Å². The number of allylic oxidation sites excluding steroid dienone is 5. The van der Waals surface area contributed by atoms with Gasteiger partial charge >= 0.3 is 0 Å². The average molecular weight is 855 g/mol. The first-order chi connectivity index (χ1) is 33.8. The summed E-state index contributed by atoms with van der Waals surface area (Å²) in [5.74, 6) is 0. The quantitative estimate of drug-likeness (QED) is 0.155. The molecule has 0 nitrogen and oxygen atoms in total. The van der Waals surface area contributed by atoms with Crippen molar-refractivity contribution in [3.05, 3.63) is 269 Å². The first-order valence-corrected chi connectivity index (χ1v) is 23.8. The highest BCUT2D eigenvalue weighted by Gasteiger charge is 2.41. The van der Waals surface area contributed by atoms with Gasteiger partial charge in [0.1, 0.15) is 0 Å². The minimum Gasteiger partial charge on any atom is -0.0622 e. The number of hydrogen-bond acceptors (Lipinski definition) is 0. The van der Waals surface area contributed by atoms with Gasteiger partial charge < -0.3 is 0 Å². The van der Waals surface area contributed by atoms with Crippen LogP contribution < -0.4 is 0 Å². The molecule has 0 unspecified atom stereocenters. The third kappa shape index (κ3) is 4.73. The van der Waals surface area contributed by atoms with Crippen LogP contribution >= 0.6 is 0 Å². The fourth-order valence-electron chi connectivity index (χ4n) is 12.9. The molecule has 2 aliphatic rings. The normalized spacial score (nSPS) is 14.0. The van der Waals surface area contributed by atoms with E-state index in [4.69, 9.17) is 0 Å². The number of fused-ring (bicyclic) bond motifs is 9. The molecule has 16 rings (SSSR count). The lowest BCUT2D eigenvalue weighted by atomic mass is 9.81. The molecular formula is C68H38. The van der Waals surface area contributed by atoms with Crippen molar-refractivity contribution in [2.75, 3.05) is 0 Å². The lowest BCUT2D eigenvalue weighted by Gasteiger charge is -2.21.